The normalized spacial score (nSPS) is 20.0. The molecule has 2 aliphatic heterocycles. The zero-order valence-corrected chi connectivity index (χ0v) is 18.7. The van der Waals surface area contributed by atoms with Crippen molar-refractivity contribution in [1.82, 2.24) is 9.80 Å². The molecular formula is C24H24FN3O3S. The molecule has 0 spiro atoms. The molecule has 4 rings (SSSR count). The fraction of sp³-hybridized carbons (Fsp3) is 0.292. The van der Waals surface area contributed by atoms with Gasteiger partial charge in [-0.15, -0.1) is 11.8 Å². The molecule has 2 aromatic rings. The summed E-state index contributed by atoms with van der Waals surface area (Å²) in [4.78, 5) is 41.8. The summed E-state index contributed by atoms with van der Waals surface area (Å²) in [5.74, 6) is -1.01. The van der Waals surface area contributed by atoms with Crippen LogP contribution in [-0.2, 0) is 22.6 Å². The number of carbonyl (C=O) groups excluding carboxylic acids is 3. The SMILES string of the molecule is CCc1cccc(C)c1NC(=O)CN1C(=O)N(Cc2ccc(F)cc2)C(=O)C2SC=CC21. The van der Waals surface area contributed by atoms with E-state index < -0.39 is 17.3 Å². The zero-order chi connectivity index (χ0) is 22.8. The second-order valence-electron chi connectivity index (χ2n) is 7.85. The number of hydrogen-bond acceptors (Lipinski definition) is 4. The van der Waals surface area contributed by atoms with Gasteiger partial charge in [0.15, 0.2) is 0 Å². The number of halogens is 1. The fourth-order valence-electron chi connectivity index (χ4n) is 4.02. The Morgan fingerprint density at radius 3 is 2.62 bits per heavy atom. The van der Waals surface area contributed by atoms with Gasteiger partial charge in [0, 0.05) is 5.69 Å². The van der Waals surface area contributed by atoms with Crippen molar-refractivity contribution in [3.63, 3.8) is 0 Å². The number of para-hydroxylation sites is 1. The first-order chi connectivity index (χ1) is 15.4. The molecule has 4 amide bonds. The minimum atomic E-state index is -0.525. The molecule has 1 fully saturated rings. The predicted molar refractivity (Wildman–Crippen MR) is 123 cm³/mol. The molecule has 0 aliphatic carbocycles. The molecule has 2 atom stereocenters. The zero-order valence-electron chi connectivity index (χ0n) is 17.9. The quantitative estimate of drug-likeness (QED) is 0.715. The summed E-state index contributed by atoms with van der Waals surface area (Å²) in [5.41, 5.74) is 3.37. The minimum absolute atomic E-state index is 0.0254. The maximum absolute atomic E-state index is 13.3. The van der Waals surface area contributed by atoms with E-state index in [0.717, 1.165) is 28.1 Å². The Labute approximate surface area is 190 Å². The first kappa shape index (κ1) is 22.1. The van der Waals surface area contributed by atoms with E-state index in [9.17, 15) is 18.8 Å². The summed E-state index contributed by atoms with van der Waals surface area (Å²) in [7, 11) is 0. The van der Waals surface area contributed by atoms with Crippen molar-refractivity contribution in [3.05, 3.63) is 76.5 Å². The Morgan fingerprint density at radius 1 is 1.16 bits per heavy atom. The summed E-state index contributed by atoms with van der Waals surface area (Å²) in [6, 6.07) is 10.5. The van der Waals surface area contributed by atoms with Crippen LogP contribution in [0.5, 0.6) is 0 Å². The van der Waals surface area contributed by atoms with Gasteiger partial charge in [-0.1, -0.05) is 43.3 Å². The van der Waals surface area contributed by atoms with Gasteiger partial charge in [0.25, 0.3) is 0 Å². The summed E-state index contributed by atoms with van der Waals surface area (Å²) in [6.07, 6.45) is 2.56. The topological polar surface area (TPSA) is 69.7 Å². The molecule has 2 aliphatic rings. The van der Waals surface area contributed by atoms with Gasteiger partial charge in [0.2, 0.25) is 11.8 Å². The first-order valence-corrected chi connectivity index (χ1v) is 11.4. The van der Waals surface area contributed by atoms with Gasteiger partial charge in [0.1, 0.15) is 17.6 Å². The summed E-state index contributed by atoms with van der Waals surface area (Å²) >= 11 is 1.34. The standard InChI is InChI=1S/C24H24FN3O3S/c1-3-17-6-4-5-15(2)21(17)26-20(29)14-27-19-11-12-32-22(19)23(30)28(24(27)31)13-16-7-9-18(25)10-8-16/h4-12,19,22H,3,13-14H2,1-2H3,(H,26,29). The predicted octanol–water partition coefficient (Wildman–Crippen LogP) is 4.10. The number of benzene rings is 2. The number of thioether (sulfide) groups is 1. The number of aryl methyl sites for hydroxylation is 2. The molecule has 1 N–H and O–H groups in total. The maximum Gasteiger partial charge on any atom is 0.328 e. The molecule has 2 unspecified atom stereocenters. The van der Waals surface area contributed by atoms with Crippen molar-refractivity contribution in [2.45, 2.75) is 38.1 Å². The van der Waals surface area contributed by atoms with Crippen molar-refractivity contribution >= 4 is 35.3 Å². The van der Waals surface area contributed by atoms with Crippen LogP contribution in [0.3, 0.4) is 0 Å². The van der Waals surface area contributed by atoms with Crippen molar-refractivity contribution in [2.75, 3.05) is 11.9 Å². The number of hydrogen-bond donors (Lipinski definition) is 1. The van der Waals surface area contributed by atoms with E-state index in [2.05, 4.69) is 5.32 Å². The van der Waals surface area contributed by atoms with E-state index >= 15 is 0 Å². The van der Waals surface area contributed by atoms with E-state index in [1.807, 2.05) is 32.0 Å². The lowest BCUT2D eigenvalue weighted by molar-refractivity contribution is -0.132. The van der Waals surface area contributed by atoms with Crippen molar-refractivity contribution in [2.24, 2.45) is 0 Å². The number of imide groups is 1. The van der Waals surface area contributed by atoms with Gasteiger partial charge in [-0.2, -0.15) is 0 Å². The number of anilines is 1. The maximum atomic E-state index is 13.3. The smallest absolute Gasteiger partial charge is 0.324 e. The highest BCUT2D eigenvalue weighted by molar-refractivity contribution is 8.03. The van der Waals surface area contributed by atoms with Crippen LogP contribution >= 0.6 is 11.8 Å². The Morgan fingerprint density at radius 2 is 1.91 bits per heavy atom. The van der Waals surface area contributed by atoms with Crippen LogP contribution in [0.15, 0.2) is 53.9 Å². The van der Waals surface area contributed by atoms with Gasteiger partial charge >= 0.3 is 6.03 Å². The Hall–Kier alpha value is -3.13. The third kappa shape index (κ3) is 4.27. The van der Waals surface area contributed by atoms with Gasteiger partial charge < -0.3 is 10.2 Å². The van der Waals surface area contributed by atoms with Crippen LogP contribution in [0.4, 0.5) is 14.9 Å². The Kier molecular flexibility index (Phi) is 6.32. The highest BCUT2D eigenvalue weighted by atomic mass is 32.2. The van der Waals surface area contributed by atoms with E-state index in [4.69, 9.17) is 0 Å². The number of carbonyl (C=O) groups is 3. The molecular weight excluding hydrogens is 429 g/mol. The van der Waals surface area contributed by atoms with Gasteiger partial charge in [0.05, 0.1) is 12.6 Å². The van der Waals surface area contributed by atoms with Crippen LogP contribution < -0.4 is 5.32 Å². The van der Waals surface area contributed by atoms with Gasteiger partial charge in [-0.05, 0) is 47.6 Å². The molecule has 0 bridgehead atoms. The number of urea groups is 1. The molecule has 166 valence electrons. The molecule has 0 saturated carbocycles. The lowest BCUT2D eigenvalue weighted by Gasteiger charge is -2.41. The average Bonchev–Trinajstić information content (AvgIpc) is 3.27. The lowest BCUT2D eigenvalue weighted by atomic mass is 10.1. The number of rotatable bonds is 6. The number of nitrogens with zero attached hydrogens (tertiary/aromatic N) is 2. The highest BCUT2D eigenvalue weighted by Crippen LogP contribution is 2.35. The number of nitrogens with one attached hydrogen (secondary N) is 1. The van der Waals surface area contributed by atoms with Crippen LogP contribution in [0.1, 0.15) is 23.6 Å². The molecule has 6 nitrogen and oxygen atoms in total. The van der Waals surface area contributed by atoms with E-state index in [1.54, 1.807) is 23.6 Å². The highest BCUT2D eigenvalue weighted by Gasteiger charge is 2.47. The lowest BCUT2D eigenvalue weighted by Crippen LogP contribution is -2.62. The van der Waals surface area contributed by atoms with E-state index in [0.29, 0.717) is 5.56 Å². The summed E-state index contributed by atoms with van der Waals surface area (Å²) in [5, 5.41) is 4.25. The molecule has 2 aromatic carbocycles. The fourth-order valence-corrected chi connectivity index (χ4v) is 5.08. The minimum Gasteiger partial charge on any atom is -0.324 e. The monoisotopic (exact) mass is 453 g/mol. The van der Waals surface area contributed by atoms with Crippen LogP contribution in [-0.4, -0.2) is 45.5 Å². The average molecular weight is 454 g/mol. The van der Waals surface area contributed by atoms with Gasteiger partial charge in [-0.25, -0.2) is 9.18 Å². The molecule has 1 saturated heterocycles. The Balaban J connectivity index is 1.54. The van der Waals surface area contributed by atoms with Crippen LogP contribution in [0.25, 0.3) is 0 Å². The molecule has 0 aromatic heterocycles. The van der Waals surface area contributed by atoms with E-state index in [-0.39, 0.29) is 30.7 Å². The number of amides is 4. The molecule has 8 heteroatoms. The number of fused-ring (bicyclic) bond motifs is 1. The molecule has 32 heavy (non-hydrogen) atoms. The van der Waals surface area contributed by atoms with Gasteiger partial charge in [-0.3, -0.25) is 14.5 Å². The second kappa shape index (κ2) is 9.16. The first-order valence-electron chi connectivity index (χ1n) is 10.5. The molecule has 2 heterocycles. The molecule has 0 radical (unpaired) electrons. The third-order valence-electron chi connectivity index (χ3n) is 5.73. The van der Waals surface area contributed by atoms with Crippen LogP contribution in [0.2, 0.25) is 0 Å². The van der Waals surface area contributed by atoms with Crippen molar-refractivity contribution < 1.29 is 18.8 Å². The van der Waals surface area contributed by atoms with Crippen molar-refractivity contribution in [1.29, 1.82) is 0 Å². The van der Waals surface area contributed by atoms with E-state index in [1.165, 1.54) is 28.8 Å². The Bertz CT molecular complexity index is 1090. The summed E-state index contributed by atoms with van der Waals surface area (Å²) in [6.45, 7) is 3.80. The van der Waals surface area contributed by atoms with Crippen molar-refractivity contribution in [3.8, 4) is 0 Å². The second-order valence-corrected chi connectivity index (χ2v) is 8.90. The summed E-state index contributed by atoms with van der Waals surface area (Å²) < 4.78 is 13.2. The van der Waals surface area contributed by atoms with Crippen LogP contribution in [0, 0.1) is 12.7 Å². The largest absolute Gasteiger partial charge is 0.328 e. The third-order valence-corrected chi connectivity index (χ3v) is 6.82.